The Bertz CT molecular complexity index is 2230. The van der Waals surface area contributed by atoms with Crippen LogP contribution in [-0.4, -0.2) is 91.0 Å². The van der Waals surface area contributed by atoms with Crippen LogP contribution in [-0.2, 0) is 38.4 Å². The third kappa shape index (κ3) is 11.1. The highest BCUT2D eigenvalue weighted by atomic mass is 16.2. The lowest BCUT2D eigenvalue weighted by molar-refractivity contribution is -0.154. The van der Waals surface area contributed by atoms with Gasteiger partial charge in [0.15, 0.2) is 0 Å². The first-order valence-electron chi connectivity index (χ1n) is 29.3. The number of carbonyl (C=O) groups excluding carboxylic acids is 8. The third-order valence-electron chi connectivity index (χ3n) is 19.1. The zero-order chi connectivity index (χ0) is 50.4. The Kier molecular flexibility index (Phi) is 17.3. The van der Waals surface area contributed by atoms with Crippen molar-refractivity contribution in [3.05, 3.63) is 46.6 Å². The molecule has 3 saturated heterocycles. The van der Waals surface area contributed by atoms with Crippen LogP contribution in [0.25, 0.3) is 0 Å². The molecule has 5 atom stereocenters. The Hall–Kier alpha value is -4.48. The van der Waals surface area contributed by atoms with Crippen molar-refractivity contribution >= 4 is 47.3 Å². The summed E-state index contributed by atoms with van der Waals surface area (Å²) in [5.74, 6) is -5.03. The number of rotatable bonds is 15. The second-order valence-corrected chi connectivity index (χ2v) is 23.9. The van der Waals surface area contributed by atoms with E-state index in [-0.39, 0.29) is 17.3 Å². The fraction of sp³-hybridized carbons (Fsp3) is 0.733. The summed E-state index contributed by atoms with van der Waals surface area (Å²) in [5, 5.41) is 0. The van der Waals surface area contributed by atoms with E-state index in [1.165, 1.54) is 105 Å². The minimum Gasteiger partial charge on any atom is -0.269 e. The molecule has 0 aromatic carbocycles. The van der Waals surface area contributed by atoms with Crippen molar-refractivity contribution in [2.24, 2.45) is 23.2 Å². The van der Waals surface area contributed by atoms with E-state index in [1.54, 1.807) is 0 Å². The largest absolute Gasteiger partial charge is 0.269 e. The number of hydrogen-bond acceptors (Lipinski definition) is 8. The molecule has 3 saturated carbocycles. The van der Waals surface area contributed by atoms with Crippen molar-refractivity contribution in [1.82, 2.24) is 19.6 Å². The topological polar surface area (TPSA) is 150 Å². The molecule has 1 spiro atoms. The second kappa shape index (κ2) is 23.8. The number of unbranched alkanes of at least 4 members (excludes halogenated alkanes) is 10. The van der Waals surface area contributed by atoms with Gasteiger partial charge >= 0.3 is 0 Å². The summed E-state index contributed by atoms with van der Waals surface area (Å²) in [6, 6.07) is -5.23. The van der Waals surface area contributed by atoms with E-state index in [4.69, 9.17) is 0 Å². The van der Waals surface area contributed by atoms with Crippen molar-refractivity contribution < 1.29 is 38.4 Å². The molecule has 392 valence electrons. The first-order valence-corrected chi connectivity index (χ1v) is 29.3. The van der Waals surface area contributed by atoms with Crippen molar-refractivity contribution in [2.45, 2.75) is 256 Å². The average molecular weight is 989 g/mol. The highest BCUT2D eigenvalue weighted by Crippen LogP contribution is 2.52. The lowest BCUT2D eigenvalue weighted by Crippen LogP contribution is -2.63. The molecule has 10 rings (SSSR count). The summed E-state index contributed by atoms with van der Waals surface area (Å²) in [6.45, 7) is 2.23. The molecule has 9 bridgehead atoms. The Morgan fingerprint density at radius 3 is 1.43 bits per heavy atom. The Morgan fingerprint density at radius 2 is 0.875 bits per heavy atom. The van der Waals surface area contributed by atoms with E-state index in [0.29, 0.717) is 54.4 Å². The van der Waals surface area contributed by atoms with Gasteiger partial charge in [-0.05, 0) is 107 Å². The molecule has 8 amide bonds. The predicted octanol–water partition coefficient (Wildman–Crippen LogP) is 11.2. The second-order valence-electron chi connectivity index (χ2n) is 23.9. The SMILES string of the molecule is CCCCCCCCCCCCCC1=CC(=O)N(C2C(CC3CCC3)C3C4C2N2C(=O)C=C(CC5CCC(CCCCCCCCCCCC6=CC(=O)N3C6=O)(CCCC3=CC(=O)N4C3=O)CC5)C2=O)C1=O. The summed E-state index contributed by atoms with van der Waals surface area (Å²) in [5.41, 5.74) is 1.52. The van der Waals surface area contributed by atoms with Crippen LogP contribution >= 0.6 is 0 Å². The summed E-state index contributed by atoms with van der Waals surface area (Å²) in [4.78, 5) is 125. The van der Waals surface area contributed by atoms with Gasteiger partial charge in [-0.15, -0.1) is 0 Å². The van der Waals surface area contributed by atoms with Crippen molar-refractivity contribution in [2.75, 3.05) is 0 Å². The van der Waals surface area contributed by atoms with Crippen LogP contribution in [0.5, 0.6) is 0 Å². The van der Waals surface area contributed by atoms with Crippen molar-refractivity contribution in [3.63, 3.8) is 0 Å². The van der Waals surface area contributed by atoms with Crippen LogP contribution < -0.4 is 0 Å². The summed E-state index contributed by atoms with van der Waals surface area (Å²) < 4.78 is 0. The van der Waals surface area contributed by atoms with Crippen LogP contribution in [0.2, 0.25) is 0 Å². The van der Waals surface area contributed by atoms with Gasteiger partial charge in [0.25, 0.3) is 47.3 Å². The molecular formula is C60H84N4O8. The van der Waals surface area contributed by atoms with Gasteiger partial charge in [-0.3, -0.25) is 58.0 Å². The van der Waals surface area contributed by atoms with Gasteiger partial charge < -0.3 is 0 Å². The quantitative estimate of drug-likeness (QED) is 0.116. The molecule has 0 N–H and O–H groups in total. The monoisotopic (exact) mass is 989 g/mol. The molecule has 12 nitrogen and oxygen atoms in total. The highest BCUT2D eigenvalue weighted by molar-refractivity contribution is 6.20. The van der Waals surface area contributed by atoms with Crippen LogP contribution in [0.1, 0.15) is 232 Å². The number of hydrogen-bond donors (Lipinski definition) is 0. The van der Waals surface area contributed by atoms with Gasteiger partial charge in [0, 0.05) is 52.5 Å². The summed E-state index contributed by atoms with van der Waals surface area (Å²) in [7, 11) is 0. The molecule has 12 heteroatoms. The molecule has 0 aromatic heterocycles. The van der Waals surface area contributed by atoms with Crippen LogP contribution in [0, 0.1) is 23.2 Å². The maximum absolute atomic E-state index is 15.3. The normalized spacial score (nSPS) is 31.1. The van der Waals surface area contributed by atoms with Crippen LogP contribution in [0.4, 0.5) is 0 Å². The molecule has 10 aliphatic rings. The first kappa shape index (κ1) is 52.4. The predicted molar refractivity (Wildman–Crippen MR) is 275 cm³/mol. The lowest BCUT2D eigenvalue weighted by Gasteiger charge is -2.42. The Balaban J connectivity index is 1.08. The fourth-order valence-electron chi connectivity index (χ4n) is 14.9. The standard InChI is InChI=1S/C60H84N4O8/c1-2-3-4-5-6-7-8-10-13-16-19-27-44-38-49(66)62(57(44)70)53-47(36-41-24-22-25-41)52-54-55(53)64-51(68)40-46(59(64)72)35-42-29-33-60(34-30-42,32-23-28-45-39-50(67)63(54)58(45)71)31-21-18-15-12-9-11-14-17-20-26-43-37-48(65)61(52)56(43)69/h37-42,47,52-55H,2-36H2,1H3. The minimum atomic E-state index is -1.40. The minimum absolute atomic E-state index is 0.102. The number of carbonyl (C=O) groups is 8. The highest BCUT2D eigenvalue weighted by Gasteiger charge is 2.67. The van der Waals surface area contributed by atoms with Crippen molar-refractivity contribution in [3.8, 4) is 0 Å². The van der Waals surface area contributed by atoms with E-state index >= 15 is 19.2 Å². The molecule has 0 radical (unpaired) electrons. The van der Waals surface area contributed by atoms with Gasteiger partial charge in [-0.1, -0.05) is 142 Å². The van der Waals surface area contributed by atoms with E-state index in [0.717, 1.165) is 132 Å². The number of amides is 8. The zero-order valence-corrected chi connectivity index (χ0v) is 43.7. The van der Waals surface area contributed by atoms with Gasteiger partial charge in [0.05, 0.1) is 24.2 Å². The Labute approximate surface area is 429 Å². The van der Waals surface area contributed by atoms with E-state index in [2.05, 4.69) is 6.92 Å². The van der Waals surface area contributed by atoms with Gasteiger partial charge in [-0.2, -0.15) is 0 Å². The molecule has 0 aromatic rings. The van der Waals surface area contributed by atoms with Gasteiger partial charge in [0.2, 0.25) is 0 Å². The average Bonchev–Trinajstić information content (AvgIpc) is 4.06. The fourth-order valence-corrected chi connectivity index (χ4v) is 14.9. The maximum Gasteiger partial charge on any atom is 0.257 e. The summed E-state index contributed by atoms with van der Waals surface area (Å²) in [6.07, 6.45) is 39.0. The smallest absolute Gasteiger partial charge is 0.257 e. The first-order chi connectivity index (χ1) is 35.0. The molecule has 7 aliphatic heterocycles. The molecule has 6 fully saturated rings. The lowest BCUT2D eigenvalue weighted by atomic mass is 9.64. The molecular weight excluding hydrogens is 905 g/mol. The van der Waals surface area contributed by atoms with Gasteiger partial charge in [-0.25, -0.2) is 0 Å². The third-order valence-corrected chi connectivity index (χ3v) is 19.1. The van der Waals surface area contributed by atoms with Crippen LogP contribution in [0.15, 0.2) is 46.6 Å². The van der Waals surface area contributed by atoms with E-state index in [9.17, 15) is 19.2 Å². The van der Waals surface area contributed by atoms with Gasteiger partial charge in [0.1, 0.15) is 0 Å². The van der Waals surface area contributed by atoms with Crippen LogP contribution in [0.3, 0.4) is 0 Å². The Morgan fingerprint density at radius 1 is 0.431 bits per heavy atom. The van der Waals surface area contributed by atoms with E-state index in [1.807, 2.05) is 0 Å². The molecule has 3 aliphatic carbocycles. The van der Waals surface area contributed by atoms with E-state index < -0.39 is 77.3 Å². The molecule has 5 unspecified atom stereocenters. The zero-order valence-electron chi connectivity index (χ0n) is 43.7. The number of fused-ring (bicyclic) bond motifs is 5. The molecule has 72 heavy (non-hydrogen) atoms. The van der Waals surface area contributed by atoms with Crippen molar-refractivity contribution in [1.29, 1.82) is 0 Å². The maximum atomic E-state index is 15.3. The molecule has 7 heterocycles. The number of nitrogens with zero attached hydrogens (tertiary/aromatic N) is 4. The number of imide groups is 4. The summed E-state index contributed by atoms with van der Waals surface area (Å²) >= 11 is 0.